The summed E-state index contributed by atoms with van der Waals surface area (Å²) in [7, 11) is 2.10. The second-order valence-electron chi connectivity index (χ2n) is 4.57. The van der Waals surface area contributed by atoms with E-state index in [1.807, 2.05) is 0 Å². The Bertz CT molecular complexity index is 331. The molecule has 0 radical (unpaired) electrons. The Hall–Kier alpha value is -0.120. The summed E-state index contributed by atoms with van der Waals surface area (Å²) in [4.78, 5) is 0. The van der Waals surface area contributed by atoms with Gasteiger partial charge in [-0.3, -0.25) is 0 Å². The number of benzene rings is 1. The minimum absolute atomic E-state index is 0.607. The summed E-state index contributed by atoms with van der Waals surface area (Å²) in [6, 6.07) is 9.56. The lowest BCUT2D eigenvalue weighted by atomic mass is 10.0. The van der Waals surface area contributed by atoms with E-state index in [0.29, 0.717) is 6.04 Å². The van der Waals surface area contributed by atoms with Crippen molar-refractivity contribution in [3.05, 3.63) is 35.4 Å². The van der Waals surface area contributed by atoms with Crippen molar-refractivity contribution >= 4 is 23.5 Å². The highest BCUT2D eigenvalue weighted by atomic mass is 32.2. The van der Waals surface area contributed by atoms with E-state index in [4.69, 9.17) is 0 Å². The van der Waals surface area contributed by atoms with Gasteiger partial charge in [0.05, 0.1) is 0 Å². The smallest absolute Gasteiger partial charge is 0.0295 e. The predicted octanol–water partition coefficient (Wildman–Crippen LogP) is 2.97. The van der Waals surface area contributed by atoms with Gasteiger partial charge in [-0.15, -0.1) is 0 Å². The minimum atomic E-state index is 0.607. The van der Waals surface area contributed by atoms with Gasteiger partial charge in [0, 0.05) is 28.6 Å². The van der Waals surface area contributed by atoms with Gasteiger partial charge in [0.15, 0.2) is 0 Å². The van der Waals surface area contributed by atoms with Gasteiger partial charge >= 0.3 is 0 Å². The van der Waals surface area contributed by atoms with Crippen LogP contribution in [0.25, 0.3) is 0 Å². The van der Waals surface area contributed by atoms with Crippen molar-refractivity contribution < 1.29 is 0 Å². The first-order valence-electron chi connectivity index (χ1n) is 6.22. The summed E-state index contributed by atoms with van der Waals surface area (Å²) >= 11 is 4.23. The number of hydrogen-bond acceptors (Lipinski definition) is 3. The normalized spacial score (nSPS) is 22.4. The van der Waals surface area contributed by atoms with Gasteiger partial charge in [0.1, 0.15) is 0 Å². The van der Waals surface area contributed by atoms with Gasteiger partial charge in [0.25, 0.3) is 0 Å². The molecule has 0 bridgehead atoms. The van der Waals surface area contributed by atoms with Crippen LogP contribution in [0.15, 0.2) is 24.3 Å². The summed E-state index contributed by atoms with van der Waals surface area (Å²) in [5.74, 6) is 3.92. The molecule has 1 aliphatic rings. The average Bonchev–Trinajstić information content (AvgIpc) is 2.39. The fraction of sp³-hybridized carbons (Fsp3) is 0.571. The molecule has 0 aromatic heterocycles. The molecule has 0 spiro atoms. The van der Waals surface area contributed by atoms with Gasteiger partial charge in [-0.05, 0) is 26.0 Å². The number of likely N-dealkylation sites (N-methyl/N-ethyl adjacent to an activating group) is 1. The summed E-state index contributed by atoms with van der Waals surface area (Å²) in [5.41, 5.74) is 2.79. The molecular formula is C14H21NS2. The van der Waals surface area contributed by atoms with E-state index in [9.17, 15) is 0 Å². The van der Waals surface area contributed by atoms with Gasteiger partial charge in [0.2, 0.25) is 0 Å². The molecule has 1 nitrogen and oxygen atoms in total. The lowest BCUT2D eigenvalue weighted by Crippen LogP contribution is -2.40. The summed E-state index contributed by atoms with van der Waals surface area (Å²) in [6.45, 7) is 2.15. The van der Waals surface area contributed by atoms with Crippen molar-refractivity contribution in [3.63, 3.8) is 0 Å². The van der Waals surface area contributed by atoms with Crippen LogP contribution in [-0.2, 0) is 6.42 Å². The van der Waals surface area contributed by atoms with Crippen molar-refractivity contribution in [2.75, 3.05) is 24.3 Å². The zero-order chi connectivity index (χ0) is 12.1. The van der Waals surface area contributed by atoms with E-state index in [2.05, 4.69) is 67.1 Å². The topological polar surface area (TPSA) is 12.0 Å². The Labute approximate surface area is 113 Å². The highest BCUT2D eigenvalue weighted by Gasteiger charge is 2.23. The maximum absolute atomic E-state index is 3.50. The van der Waals surface area contributed by atoms with Crippen molar-refractivity contribution in [2.24, 2.45) is 0 Å². The van der Waals surface area contributed by atoms with Crippen LogP contribution in [0.2, 0.25) is 0 Å². The number of thioether (sulfide) groups is 2. The molecule has 0 saturated carbocycles. The predicted molar refractivity (Wildman–Crippen MR) is 81.3 cm³/mol. The highest BCUT2D eigenvalue weighted by Crippen LogP contribution is 2.27. The van der Waals surface area contributed by atoms with Crippen LogP contribution in [0.3, 0.4) is 0 Å². The summed E-state index contributed by atoms with van der Waals surface area (Å²) < 4.78 is 0. The summed E-state index contributed by atoms with van der Waals surface area (Å²) in [5, 5.41) is 4.26. The number of rotatable bonds is 4. The van der Waals surface area contributed by atoms with Crippen molar-refractivity contribution in [2.45, 2.75) is 24.6 Å². The molecule has 1 aliphatic heterocycles. The standard InChI is InChI=1S/C14H21NS2/c1-11-3-5-12(6-4-11)9-13(15-2)14-10-16-7-8-17-14/h3-6,13-15H,7-10H2,1-2H3. The Morgan fingerprint density at radius 1 is 1.29 bits per heavy atom. The van der Waals surface area contributed by atoms with Crippen LogP contribution in [0.1, 0.15) is 11.1 Å². The molecule has 2 rings (SSSR count). The monoisotopic (exact) mass is 267 g/mol. The molecule has 1 saturated heterocycles. The molecule has 0 amide bonds. The number of hydrogen-bond donors (Lipinski definition) is 1. The highest BCUT2D eigenvalue weighted by molar-refractivity contribution is 8.06. The van der Waals surface area contributed by atoms with Crippen molar-refractivity contribution in [1.29, 1.82) is 0 Å². The SMILES string of the molecule is CNC(Cc1ccc(C)cc1)C1CSCCS1. The first kappa shape index (κ1) is 13.3. The molecule has 1 N–H and O–H groups in total. The van der Waals surface area contributed by atoms with Crippen LogP contribution >= 0.6 is 23.5 Å². The molecule has 17 heavy (non-hydrogen) atoms. The van der Waals surface area contributed by atoms with E-state index in [-0.39, 0.29) is 0 Å². The third-order valence-electron chi connectivity index (χ3n) is 3.24. The molecule has 1 heterocycles. The molecule has 1 aromatic rings. The van der Waals surface area contributed by atoms with Gasteiger partial charge in [-0.25, -0.2) is 0 Å². The molecule has 1 fully saturated rings. The van der Waals surface area contributed by atoms with Crippen LogP contribution in [-0.4, -0.2) is 35.6 Å². The Morgan fingerprint density at radius 3 is 2.65 bits per heavy atom. The van der Waals surface area contributed by atoms with Gasteiger partial charge < -0.3 is 5.32 Å². The molecule has 2 unspecified atom stereocenters. The molecule has 94 valence electrons. The molecule has 3 heteroatoms. The zero-order valence-corrected chi connectivity index (χ0v) is 12.2. The lowest BCUT2D eigenvalue weighted by molar-refractivity contribution is 0.557. The van der Waals surface area contributed by atoms with E-state index in [1.54, 1.807) is 0 Å². The first-order chi connectivity index (χ1) is 8.29. The van der Waals surface area contributed by atoms with Gasteiger partial charge in [-0.1, -0.05) is 29.8 Å². The lowest BCUT2D eigenvalue weighted by Gasteiger charge is -2.29. The van der Waals surface area contributed by atoms with E-state index >= 15 is 0 Å². The quantitative estimate of drug-likeness (QED) is 0.901. The maximum Gasteiger partial charge on any atom is 0.0295 e. The van der Waals surface area contributed by atoms with Crippen LogP contribution in [0.4, 0.5) is 0 Å². The summed E-state index contributed by atoms with van der Waals surface area (Å²) in [6.07, 6.45) is 1.15. The zero-order valence-electron chi connectivity index (χ0n) is 10.6. The van der Waals surface area contributed by atoms with Crippen molar-refractivity contribution in [1.82, 2.24) is 5.32 Å². The number of aryl methyl sites for hydroxylation is 1. The van der Waals surface area contributed by atoms with E-state index in [1.165, 1.54) is 28.4 Å². The molecule has 0 aliphatic carbocycles. The van der Waals surface area contributed by atoms with Crippen molar-refractivity contribution in [3.8, 4) is 0 Å². The van der Waals surface area contributed by atoms with Crippen LogP contribution < -0.4 is 5.32 Å². The Balaban J connectivity index is 1.96. The second kappa shape index (κ2) is 6.72. The molecule has 2 atom stereocenters. The van der Waals surface area contributed by atoms with Crippen LogP contribution in [0.5, 0.6) is 0 Å². The Morgan fingerprint density at radius 2 is 2.06 bits per heavy atom. The minimum Gasteiger partial charge on any atom is -0.316 e. The van der Waals surface area contributed by atoms with Crippen LogP contribution in [0, 0.1) is 6.92 Å². The van der Waals surface area contributed by atoms with E-state index < -0.39 is 0 Å². The maximum atomic E-state index is 3.50. The first-order valence-corrected chi connectivity index (χ1v) is 8.42. The average molecular weight is 267 g/mol. The van der Waals surface area contributed by atoms with E-state index in [0.717, 1.165) is 11.7 Å². The molecular weight excluding hydrogens is 246 g/mol. The van der Waals surface area contributed by atoms with Gasteiger partial charge in [-0.2, -0.15) is 23.5 Å². The fourth-order valence-electron chi connectivity index (χ4n) is 2.14. The third-order valence-corrected chi connectivity index (χ3v) is 6.16. The third kappa shape index (κ3) is 3.94. The number of nitrogens with one attached hydrogen (secondary N) is 1. The Kier molecular flexibility index (Phi) is 5.26. The largest absolute Gasteiger partial charge is 0.316 e. The fourth-order valence-corrected chi connectivity index (χ4v) is 5.06. The molecule has 1 aromatic carbocycles. The second-order valence-corrected chi connectivity index (χ2v) is 7.07.